The summed E-state index contributed by atoms with van der Waals surface area (Å²) in [5.74, 6) is 0. The van der Waals surface area contributed by atoms with Crippen molar-refractivity contribution in [2.24, 2.45) is 0 Å². The van der Waals surface area contributed by atoms with Crippen molar-refractivity contribution in [3.63, 3.8) is 0 Å². The summed E-state index contributed by atoms with van der Waals surface area (Å²) in [4.78, 5) is 0. The Hall–Kier alpha value is -0.110. The predicted molar refractivity (Wildman–Crippen MR) is 36.1 cm³/mol. The largest absolute Gasteiger partial charge is 0.304 e. The van der Waals surface area contributed by atoms with Gasteiger partial charge in [0.1, 0.15) is 0 Å². The van der Waals surface area contributed by atoms with Gasteiger partial charge < -0.3 is 5.41 Å². The van der Waals surface area contributed by atoms with Gasteiger partial charge in [0, 0.05) is 10.2 Å². The zero-order chi connectivity index (χ0) is 5.86. The summed E-state index contributed by atoms with van der Waals surface area (Å²) < 4.78 is 0.868. The molecule has 0 aromatic carbocycles. The Morgan fingerprint density at radius 3 is 2.14 bits per heavy atom. The van der Waals surface area contributed by atoms with Gasteiger partial charge >= 0.3 is 0 Å². The molecule has 40 valence electrons. The molecule has 0 saturated heterocycles. The van der Waals surface area contributed by atoms with Crippen LogP contribution in [0.15, 0.2) is 10.6 Å². The van der Waals surface area contributed by atoms with Gasteiger partial charge in [-0.25, -0.2) is 0 Å². The summed E-state index contributed by atoms with van der Waals surface area (Å²) in [6.45, 7) is 3.63. The van der Waals surface area contributed by atoms with E-state index in [1.807, 2.05) is 13.0 Å². The van der Waals surface area contributed by atoms with Crippen molar-refractivity contribution in [1.82, 2.24) is 0 Å². The summed E-state index contributed by atoms with van der Waals surface area (Å²) in [6.07, 6.45) is 1.85. The lowest BCUT2D eigenvalue weighted by atomic mass is 10.4. The van der Waals surface area contributed by atoms with E-state index in [1.54, 1.807) is 6.92 Å². The average molecular weight is 162 g/mol. The van der Waals surface area contributed by atoms with Gasteiger partial charge in [0.2, 0.25) is 0 Å². The van der Waals surface area contributed by atoms with Crippen LogP contribution in [0.3, 0.4) is 0 Å². The zero-order valence-electron chi connectivity index (χ0n) is 4.46. The van der Waals surface area contributed by atoms with E-state index >= 15 is 0 Å². The molecule has 0 aliphatic carbocycles. The second-order valence-corrected chi connectivity index (χ2v) is 2.12. The van der Waals surface area contributed by atoms with Gasteiger partial charge in [-0.3, -0.25) is 0 Å². The minimum absolute atomic E-state index is 0.572. The van der Waals surface area contributed by atoms with Crippen molar-refractivity contribution in [2.75, 3.05) is 0 Å². The molecule has 0 aliphatic heterocycles. The maximum atomic E-state index is 6.99. The summed E-state index contributed by atoms with van der Waals surface area (Å²) >= 11 is 3.18. The third-order valence-corrected chi connectivity index (χ3v) is 1.66. The number of rotatable bonds is 1. The fourth-order valence-electron chi connectivity index (χ4n) is 0.217. The maximum absolute atomic E-state index is 6.99. The van der Waals surface area contributed by atoms with E-state index in [1.165, 1.54) is 0 Å². The van der Waals surface area contributed by atoms with Crippen LogP contribution >= 0.6 is 15.9 Å². The van der Waals surface area contributed by atoms with Gasteiger partial charge in [-0.15, -0.1) is 0 Å². The van der Waals surface area contributed by atoms with Crippen molar-refractivity contribution in [3.8, 4) is 0 Å². The molecule has 0 heterocycles. The Kier molecular flexibility index (Phi) is 2.92. The number of hydrogen-bond acceptors (Lipinski definition) is 1. The van der Waals surface area contributed by atoms with Crippen molar-refractivity contribution < 1.29 is 0 Å². The van der Waals surface area contributed by atoms with E-state index in [-0.39, 0.29) is 0 Å². The highest BCUT2D eigenvalue weighted by atomic mass is 79.9. The van der Waals surface area contributed by atoms with Crippen LogP contribution in [-0.2, 0) is 0 Å². The fraction of sp³-hybridized carbons (Fsp3) is 0.400. The number of hydrogen-bond donors (Lipinski definition) is 1. The Morgan fingerprint density at radius 1 is 1.71 bits per heavy atom. The SMILES string of the molecule is C/C=C(\Br)C(C)=N. The topological polar surface area (TPSA) is 23.9 Å². The first-order valence-electron chi connectivity index (χ1n) is 2.06. The van der Waals surface area contributed by atoms with E-state index in [0.29, 0.717) is 5.71 Å². The lowest BCUT2D eigenvalue weighted by Crippen LogP contribution is -1.83. The third kappa shape index (κ3) is 2.57. The second-order valence-electron chi connectivity index (χ2n) is 1.26. The Labute approximate surface area is 52.1 Å². The van der Waals surface area contributed by atoms with Crippen LogP contribution in [0.4, 0.5) is 0 Å². The monoisotopic (exact) mass is 161 g/mol. The predicted octanol–water partition coefficient (Wildman–Crippen LogP) is 2.32. The van der Waals surface area contributed by atoms with Gasteiger partial charge in [0.15, 0.2) is 0 Å². The van der Waals surface area contributed by atoms with Crippen LogP contribution in [0.1, 0.15) is 13.8 Å². The normalized spacial score (nSPS) is 11.6. The minimum Gasteiger partial charge on any atom is -0.304 e. The molecule has 0 spiro atoms. The number of halogens is 1. The molecule has 0 atom stereocenters. The van der Waals surface area contributed by atoms with E-state index < -0.39 is 0 Å². The highest BCUT2D eigenvalue weighted by molar-refractivity contribution is 9.12. The average Bonchev–Trinajstić information content (AvgIpc) is 1.65. The van der Waals surface area contributed by atoms with Crippen LogP contribution in [0.2, 0.25) is 0 Å². The quantitative estimate of drug-likeness (QED) is 0.572. The van der Waals surface area contributed by atoms with Crippen LogP contribution in [-0.4, -0.2) is 5.71 Å². The van der Waals surface area contributed by atoms with E-state index in [0.717, 1.165) is 4.48 Å². The van der Waals surface area contributed by atoms with Gasteiger partial charge in [-0.05, 0) is 29.8 Å². The standard InChI is InChI=1S/C5H8BrN/c1-3-5(6)4(2)7/h3,7H,1-2H3/b5-3-,7-4?. The number of nitrogens with one attached hydrogen (secondary N) is 1. The first-order chi connectivity index (χ1) is 3.18. The Bertz CT molecular complexity index is 105. The van der Waals surface area contributed by atoms with Crippen LogP contribution in [0.25, 0.3) is 0 Å². The van der Waals surface area contributed by atoms with E-state index in [9.17, 15) is 0 Å². The first-order valence-corrected chi connectivity index (χ1v) is 2.85. The Morgan fingerprint density at radius 2 is 2.14 bits per heavy atom. The smallest absolute Gasteiger partial charge is 0.0421 e. The second kappa shape index (κ2) is 2.97. The van der Waals surface area contributed by atoms with E-state index in [4.69, 9.17) is 5.41 Å². The molecule has 0 saturated carbocycles. The molecule has 0 fully saturated rings. The van der Waals surface area contributed by atoms with Gasteiger partial charge in [-0.1, -0.05) is 6.08 Å². The molecule has 0 amide bonds. The van der Waals surface area contributed by atoms with E-state index in [2.05, 4.69) is 15.9 Å². The highest BCUT2D eigenvalue weighted by Gasteiger charge is 1.86. The van der Waals surface area contributed by atoms with Crippen molar-refractivity contribution in [3.05, 3.63) is 10.6 Å². The van der Waals surface area contributed by atoms with Gasteiger partial charge in [0.05, 0.1) is 0 Å². The highest BCUT2D eigenvalue weighted by Crippen LogP contribution is 2.03. The molecule has 0 unspecified atom stereocenters. The van der Waals surface area contributed by atoms with Crippen LogP contribution in [0.5, 0.6) is 0 Å². The summed E-state index contributed by atoms with van der Waals surface area (Å²) in [7, 11) is 0. The maximum Gasteiger partial charge on any atom is 0.0421 e. The lowest BCUT2D eigenvalue weighted by Gasteiger charge is -1.87. The zero-order valence-corrected chi connectivity index (χ0v) is 6.04. The first kappa shape index (κ1) is 6.89. The molecule has 0 bridgehead atoms. The van der Waals surface area contributed by atoms with Crippen LogP contribution < -0.4 is 0 Å². The lowest BCUT2D eigenvalue weighted by molar-refractivity contribution is 1.49. The Balaban J connectivity index is 3.82. The number of allylic oxidation sites excluding steroid dienone is 2. The molecule has 0 aromatic heterocycles. The molecule has 1 nitrogen and oxygen atoms in total. The fourth-order valence-corrected chi connectivity index (χ4v) is 0.217. The molecular formula is C5H8BrN. The molecule has 2 heteroatoms. The molecule has 1 N–H and O–H groups in total. The van der Waals surface area contributed by atoms with Gasteiger partial charge in [0.25, 0.3) is 0 Å². The molecule has 0 aliphatic rings. The van der Waals surface area contributed by atoms with Crippen LogP contribution in [0, 0.1) is 5.41 Å². The summed E-state index contributed by atoms with van der Waals surface area (Å²) in [5, 5.41) is 6.99. The third-order valence-electron chi connectivity index (χ3n) is 0.612. The molecular weight excluding hydrogens is 154 g/mol. The molecule has 0 rings (SSSR count). The molecule has 7 heavy (non-hydrogen) atoms. The van der Waals surface area contributed by atoms with Crippen molar-refractivity contribution in [2.45, 2.75) is 13.8 Å². The molecule has 0 aromatic rings. The summed E-state index contributed by atoms with van der Waals surface area (Å²) in [6, 6.07) is 0. The molecule has 0 radical (unpaired) electrons. The summed E-state index contributed by atoms with van der Waals surface area (Å²) in [5.41, 5.74) is 0.572. The van der Waals surface area contributed by atoms with Crippen molar-refractivity contribution >= 4 is 21.6 Å². The van der Waals surface area contributed by atoms with Crippen molar-refractivity contribution in [1.29, 1.82) is 5.41 Å². The van der Waals surface area contributed by atoms with Gasteiger partial charge in [-0.2, -0.15) is 0 Å². The minimum atomic E-state index is 0.572.